The molecule has 2 rings (SSSR count). The second-order valence-corrected chi connectivity index (χ2v) is 5.32. The lowest BCUT2D eigenvalue weighted by Crippen LogP contribution is -2.23. The molecule has 0 bridgehead atoms. The van der Waals surface area contributed by atoms with Crippen molar-refractivity contribution in [3.63, 3.8) is 0 Å². The van der Waals surface area contributed by atoms with Crippen LogP contribution < -0.4 is 0 Å². The molecule has 0 atom stereocenters. The van der Waals surface area contributed by atoms with Gasteiger partial charge in [-0.2, -0.15) is 10.2 Å². The predicted octanol–water partition coefficient (Wildman–Crippen LogP) is 2.92. The number of hydrazone groups is 2. The van der Waals surface area contributed by atoms with Crippen LogP contribution in [0.5, 0.6) is 0 Å². The van der Waals surface area contributed by atoms with Gasteiger partial charge in [0, 0.05) is 39.3 Å². The Bertz CT molecular complexity index is 584. The third kappa shape index (κ3) is 4.19. The minimum Gasteiger partial charge on any atom is -0.302 e. The first-order valence-electron chi connectivity index (χ1n) is 7.21. The van der Waals surface area contributed by atoms with Gasteiger partial charge in [0.05, 0.1) is 0 Å². The van der Waals surface area contributed by atoms with Gasteiger partial charge < -0.3 is 10.0 Å². The van der Waals surface area contributed by atoms with E-state index in [0.29, 0.717) is 0 Å². The van der Waals surface area contributed by atoms with Gasteiger partial charge in [0.1, 0.15) is 11.4 Å². The zero-order valence-electron chi connectivity index (χ0n) is 13.6. The molecule has 0 aliphatic heterocycles. The minimum atomic E-state index is 0.852. The van der Waals surface area contributed by atoms with Crippen LogP contribution in [0.3, 0.4) is 0 Å². The molecule has 0 N–H and O–H groups in total. The summed E-state index contributed by atoms with van der Waals surface area (Å²) >= 11 is 0. The van der Waals surface area contributed by atoms with Crippen molar-refractivity contribution in [2.24, 2.45) is 10.2 Å². The van der Waals surface area contributed by atoms with Gasteiger partial charge >= 0.3 is 0 Å². The molecule has 2 aromatic carbocycles. The molecule has 114 valence electrons. The Morgan fingerprint density at radius 3 is 1.18 bits per heavy atom. The summed E-state index contributed by atoms with van der Waals surface area (Å²) in [5, 5.41) is 12.9. The summed E-state index contributed by atoms with van der Waals surface area (Å²) in [6, 6.07) is 20.3. The Kier molecular flexibility index (Phi) is 5.31. The van der Waals surface area contributed by atoms with E-state index in [1.165, 1.54) is 0 Å². The van der Waals surface area contributed by atoms with E-state index < -0.39 is 0 Å². The molecule has 4 nitrogen and oxygen atoms in total. The molecule has 0 unspecified atom stereocenters. The number of hydrogen-bond donors (Lipinski definition) is 0. The summed E-state index contributed by atoms with van der Waals surface area (Å²) in [6.45, 7) is 0. The molecule has 2 aromatic rings. The second-order valence-electron chi connectivity index (χ2n) is 5.32. The van der Waals surface area contributed by atoms with Crippen LogP contribution in [0.25, 0.3) is 0 Å². The predicted molar refractivity (Wildman–Crippen MR) is 93.3 cm³/mol. The van der Waals surface area contributed by atoms with Gasteiger partial charge in [0.15, 0.2) is 0 Å². The lowest BCUT2D eigenvalue weighted by atomic mass is 10.00. The lowest BCUT2D eigenvalue weighted by Gasteiger charge is -2.16. The first kappa shape index (κ1) is 15.8. The number of rotatable bonds is 5. The first-order chi connectivity index (χ1) is 10.6. The fraction of sp³-hybridized carbons (Fsp3) is 0.222. The standard InChI is InChI=1S/C18H22N4/c1-21(2)19-17(15-11-7-5-8-12-15)18(20-22(3)4)16-13-9-6-10-14-16/h5-14H,1-4H3. The van der Waals surface area contributed by atoms with E-state index in [-0.39, 0.29) is 0 Å². The highest BCUT2D eigenvalue weighted by Gasteiger charge is 2.15. The van der Waals surface area contributed by atoms with Gasteiger partial charge in [0.25, 0.3) is 0 Å². The van der Waals surface area contributed by atoms with Gasteiger partial charge in [0.2, 0.25) is 0 Å². The molecule has 0 amide bonds. The number of nitrogens with zero attached hydrogens (tertiary/aromatic N) is 4. The van der Waals surface area contributed by atoms with Gasteiger partial charge in [-0.15, -0.1) is 0 Å². The highest BCUT2D eigenvalue weighted by molar-refractivity contribution is 6.53. The summed E-state index contributed by atoms with van der Waals surface area (Å²) in [7, 11) is 7.67. The Hall–Kier alpha value is -2.62. The van der Waals surface area contributed by atoms with Crippen LogP contribution in [0.2, 0.25) is 0 Å². The molecule has 0 saturated heterocycles. The third-order valence-corrected chi connectivity index (χ3v) is 2.92. The smallest absolute Gasteiger partial charge is 0.118 e. The second kappa shape index (κ2) is 7.41. The lowest BCUT2D eigenvalue weighted by molar-refractivity contribution is 0.434. The zero-order valence-corrected chi connectivity index (χ0v) is 13.6. The molecular weight excluding hydrogens is 272 g/mol. The summed E-state index contributed by atoms with van der Waals surface area (Å²) < 4.78 is 0. The monoisotopic (exact) mass is 294 g/mol. The molecule has 0 fully saturated rings. The van der Waals surface area contributed by atoms with Crippen molar-refractivity contribution < 1.29 is 0 Å². The molecular formula is C18H22N4. The number of hydrogen-bond acceptors (Lipinski definition) is 4. The van der Waals surface area contributed by atoms with E-state index in [0.717, 1.165) is 22.6 Å². The van der Waals surface area contributed by atoms with Gasteiger partial charge in [-0.05, 0) is 0 Å². The third-order valence-electron chi connectivity index (χ3n) is 2.92. The Labute approximate surface area is 132 Å². The van der Waals surface area contributed by atoms with Crippen molar-refractivity contribution >= 4 is 11.4 Å². The maximum atomic E-state index is 4.67. The summed E-state index contributed by atoms with van der Waals surface area (Å²) in [6.07, 6.45) is 0. The Morgan fingerprint density at radius 1 is 0.591 bits per heavy atom. The van der Waals surface area contributed by atoms with Crippen LogP contribution in [-0.2, 0) is 0 Å². The maximum Gasteiger partial charge on any atom is 0.118 e. The van der Waals surface area contributed by atoms with Crippen LogP contribution in [0.15, 0.2) is 70.9 Å². The van der Waals surface area contributed by atoms with Gasteiger partial charge in [-0.25, -0.2) is 0 Å². The topological polar surface area (TPSA) is 31.2 Å². The van der Waals surface area contributed by atoms with Crippen LogP contribution in [0.4, 0.5) is 0 Å². The molecule has 0 aliphatic rings. The van der Waals surface area contributed by atoms with Crippen molar-refractivity contribution in [2.45, 2.75) is 0 Å². The van der Waals surface area contributed by atoms with E-state index in [9.17, 15) is 0 Å². The molecule has 4 heteroatoms. The average Bonchev–Trinajstić information content (AvgIpc) is 2.52. The summed E-state index contributed by atoms with van der Waals surface area (Å²) in [5.74, 6) is 0. The largest absolute Gasteiger partial charge is 0.302 e. The van der Waals surface area contributed by atoms with Crippen LogP contribution in [0.1, 0.15) is 11.1 Å². The van der Waals surface area contributed by atoms with Gasteiger partial charge in [-0.3, -0.25) is 0 Å². The Balaban J connectivity index is 2.60. The van der Waals surface area contributed by atoms with Crippen molar-refractivity contribution in [3.8, 4) is 0 Å². The summed E-state index contributed by atoms with van der Waals surface area (Å²) in [5.41, 5.74) is 3.79. The fourth-order valence-corrected chi connectivity index (χ4v) is 2.08. The van der Waals surface area contributed by atoms with Crippen LogP contribution in [-0.4, -0.2) is 49.6 Å². The van der Waals surface area contributed by atoms with E-state index >= 15 is 0 Å². The SMILES string of the molecule is CN(C)N=C(C(=NN(C)C)c1ccccc1)c1ccccc1. The van der Waals surface area contributed by atoms with Gasteiger partial charge in [-0.1, -0.05) is 60.7 Å². The Morgan fingerprint density at radius 2 is 0.909 bits per heavy atom. The number of benzene rings is 2. The fourth-order valence-electron chi connectivity index (χ4n) is 2.08. The highest BCUT2D eigenvalue weighted by atomic mass is 15.4. The quantitative estimate of drug-likeness (QED) is 0.627. The van der Waals surface area contributed by atoms with Crippen LogP contribution >= 0.6 is 0 Å². The zero-order chi connectivity index (χ0) is 15.9. The van der Waals surface area contributed by atoms with Crippen molar-refractivity contribution in [1.82, 2.24) is 10.0 Å². The van der Waals surface area contributed by atoms with Crippen molar-refractivity contribution in [1.29, 1.82) is 0 Å². The molecule has 0 radical (unpaired) electrons. The average molecular weight is 294 g/mol. The molecule has 0 aliphatic carbocycles. The molecule has 0 heterocycles. The van der Waals surface area contributed by atoms with E-state index in [4.69, 9.17) is 0 Å². The highest BCUT2D eigenvalue weighted by Crippen LogP contribution is 2.11. The first-order valence-corrected chi connectivity index (χ1v) is 7.21. The minimum absolute atomic E-state index is 0.852. The molecule has 22 heavy (non-hydrogen) atoms. The van der Waals surface area contributed by atoms with E-state index in [2.05, 4.69) is 34.5 Å². The van der Waals surface area contributed by atoms with Crippen molar-refractivity contribution in [2.75, 3.05) is 28.2 Å². The van der Waals surface area contributed by atoms with E-state index in [1.54, 1.807) is 10.0 Å². The van der Waals surface area contributed by atoms with Crippen LogP contribution in [0, 0.1) is 0 Å². The van der Waals surface area contributed by atoms with E-state index in [1.807, 2.05) is 64.6 Å². The molecule has 0 saturated carbocycles. The maximum absolute atomic E-state index is 4.67. The van der Waals surface area contributed by atoms with Crippen molar-refractivity contribution in [3.05, 3.63) is 71.8 Å². The normalized spacial score (nSPS) is 12.2. The summed E-state index contributed by atoms with van der Waals surface area (Å²) in [4.78, 5) is 0. The molecule has 0 spiro atoms. The molecule has 0 aromatic heterocycles.